The summed E-state index contributed by atoms with van der Waals surface area (Å²) in [6.07, 6.45) is 0. The molecule has 0 aliphatic rings. The number of nitrogens with one attached hydrogen (secondary N) is 1. The van der Waals surface area contributed by atoms with Crippen LogP contribution in [0.25, 0.3) is 0 Å². The fourth-order valence-electron chi connectivity index (χ4n) is 1.71. The van der Waals surface area contributed by atoms with E-state index in [0.29, 0.717) is 13.1 Å². The molecule has 0 amide bonds. The molecule has 4 heteroatoms. The summed E-state index contributed by atoms with van der Waals surface area (Å²) >= 11 is 0. The lowest BCUT2D eigenvalue weighted by atomic mass is 10.2. The van der Waals surface area contributed by atoms with Crippen molar-refractivity contribution in [3.05, 3.63) is 59.7 Å². The predicted octanol–water partition coefficient (Wildman–Crippen LogP) is 3.46. The van der Waals surface area contributed by atoms with E-state index in [1.807, 2.05) is 49.5 Å². The Balaban J connectivity index is 1.87. The van der Waals surface area contributed by atoms with Crippen molar-refractivity contribution < 1.29 is 0 Å². The van der Waals surface area contributed by atoms with Crippen LogP contribution in [0.2, 0.25) is 0 Å². The highest BCUT2D eigenvalue weighted by molar-refractivity contribution is 5.45. The highest BCUT2D eigenvalue weighted by Gasteiger charge is 1.93. The molecule has 3 N–H and O–H groups in total. The van der Waals surface area contributed by atoms with Crippen molar-refractivity contribution in [2.75, 3.05) is 18.1 Å². The maximum Gasteiger partial charge on any atom is 0.0850 e. The quantitative estimate of drug-likeness (QED) is 0.634. The van der Waals surface area contributed by atoms with Crippen molar-refractivity contribution in [2.24, 2.45) is 10.2 Å². The minimum atomic E-state index is 0.589. The van der Waals surface area contributed by atoms with Gasteiger partial charge in [0.1, 0.15) is 0 Å². The van der Waals surface area contributed by atoms with Crippen LogP contribution in [0.4, 0.5) is 11.4 Å². The number of anilines is 2. The van der Waals surface area contributed by atoms with E-state index in [0.717, 1.165) is 22.5 Å². The van der Waals surface area contributed by atoms with Crippen LogP contribution in [0.15, 0.2) is 58.8 Å². The lowest BCUT2D eigenvalue weighted by Crippen LogP contribution is -1.89. The molecule has 2 rings (SSSR count). The molecule has 2 aromatic rings. The Morgan fingerprint density at radius 2 is 1.63 bits per heavy atom. The summed E-state index contributed by atoms with van der Waals surface area (Å²) in [6.45, 7) is 1.19. The van der Waals surface area contributed by atoms with E-state index < -0.39 is 0 Å². The fraction of sp³-hybridized carbons (Fsp3) is 0.200. The Bertz CT molecular complexity index is 546. The van der Waals surface area contributed by atoms with Crippen LogP contribution in [-0.4, -0.2) is 7.05 Å². The first-order valence-electron chi connectivity index (χ1n) is 6.22. The SMILES string of the molecule is CNc1cccc(CN=NCc2ccc(N)cc2)c1. The lowest BCUT2D eigenvalue weighted by Gasteiger charge is -2.01. The first kappa shape index (κ1) is 13.1. The van der Waals surface area contributed by atoms with Crippen molar-refractivity contribution in [1.29, 1.82) is 0 Å². The van der Waals surface area contributed by atoms with Gasteiger partial charge in [-0.3, -0.25) is 0 Å². The van der Waals surface area contributed by atoms with Gasteiger partial charge in [0, 0.05) is 18.4 Å². The zero-order chi connectivity index (χ0) is 13.5. The number of rotatable bonds is 5. The van der Waals surface area contributed by atoms with Gasteiger partial charge in [-0.1, -0.05) is 24.3 Å². The summed E-state index contributed by atoms with van der Waals surface area (Å²) < 4.78 is 0. The maximum atomic E-state index is 5.62. The predicted molar refractivity (Wildman–Crippen MR) is 79.1 cm³/mol. The number of nitrogen functional groups attached to an aromatic ring is 1. The average molecular weight is 254 g/mol. The number of azo groups is 1. The van der Waals surface area contributed by atoms with Gasteiger partial charge in [0.2, 0.25) is 0 Å². The molecule has 19 heavy (non-hydrogen) atoms. The Labute approximate surface area is 113 Å². The van der Waals surface area contributed by atoms with Crippen molar-refractivity contribution >= 4 is 11.4 Å². The Morgan fingerprint density at radius 1 is 0.947 bits per heavy atom. The molecular weight excluding hydrogens is 236 g/mol. The van der Waals surface area contributed by atoms with E-state index in [4.69, 9.17) is 5.73 Å². The Morgan fingerprint density at radius 3 is 2.32 bits per heavy atom. The minimum absolute atomic E-state index is 0.589. The molecule has 0 spiro atoms. The second kappa shape index (κ2) is 6.54. The number of nitrogens with two attached hydrogens (primary N) is 1. The van der Waals surface area contributed by atoms with Crippen molar-refractivity contribution in [2.45, 2.75) is 13.1 Å². The summed E-state index contributed by atoms with van der Waals surface area (Å²) in [5.74, 6) is 0. The molecule has 98 valence electrons. The largest absolute Gasteiger partial charge is 0.399 e. The van der Waals surface area contributed by atoms with Gasteiger partial charge < -0.3 is 11.1 Å². The average Bonchev–Trinajstić information content (AvgIpc) is 2.46. The van der Waals surface area contributed by atoms with Crippen LogP contribution in [0, 0.1) is 0 Å². The van der Waals surface area contributed by atoms with Gasteiger partial charge >= 0.3 is 0 Å². The normalized spacial score (nSPS) is 10.8. The van der Waals surface area contributed by atoms with Gasteiger partial charge in [-0.25, -0.2) is 0 Å². The first-order valence-corrected chi connectivity index (χ1v) is 6.22. The summed E-state index contributed by atoms with van der Waals surface area (Å²) in [7, 11) is 1.90. The van der Waals surface area contributed by atoms with Gasteiger partial charge in [0.05, 0.1) is 13.1 Å². The topological polar surface area (TPSA) is 62.8 Å². The lowest BCUT2D eigenvalue weighted by molar-refractivity contribution is 0.851. The molecule has 0 heterocycles. The first-order chi connectivity index (χ1) is 9.28. The third-order valence-corrected chi connectivity index (χ3v) is 2.80. The summed E-state index contributed by atoms with van der Waals surface area (Å²) in [5.41, 5.74) is 9.74. The molecule has 0 aliphatic carbocycles. The minimum Gasteiger partial charge on any atom is -0.399 e. The van der Waals surface area contributed by atoms with E-state index in [2.05, 4.69) is 21.6 Å². The van der Waals surface area contributed by atoms with Crippen molar-refractivity contribution in [3.63, 3.8) is 0 Å². The third kappa shape index (κ3) is 4.10. The number of hydrogen-bond acceptors (Lipinski definition) is 4. The van der Waals surface area contributed by atoms with Gasteiger partial charge in [-0.15, -0.1) is 0 Å². The maximum absolute atomic E-state index is 5.62. The molecule has 0 atom stereocenters. The van der Waals surface area contributed by atoms with Gasteiger partial charge in [0.25, 0.3) is 0 Å². The zero-order valence-electron chi connectivity index (χ0n) is 11.0. The van der Waals surface area contributed by atoms with Gasteiger partial charge in [-0.2, -0.15) is 10.2 Å². The van der Waals surface area contributed by atoms with Crippen LogP contribution < -0.4 is 11.1 Å². The van der Waals surface area contributed by atoms with Crippen molar-refractivity contribution in [3.8, 4) is 0 Å². The van der Waals surface area contributed by atoms with Gasteiger partial charge in [0.15, 0.2) is 0 Å². The molecule has 0 fully saturated rings. The fourth-order valence-corrected chi connectivity index (χ4v) is 1.71. The molecule has 0 bridgehead atoms. The van der Waals surface area contributed by atoms with Crippen LogP contribution in [0.1, 0.15) is 11.1 Å². The van der Waals surface area contributed by atoms with Crippen LogP contribution in [-0.2, 0) is 13.1 Å². The molecule has 0 aliphatic heterocycles. The molecule has 0 unspecified atom stereocenters. The summed E-state index contributed by atoms with van der Waals surface area (Å²) in [4.78, 5) is 0. The second-order valence-corrected chi connectivity index (χ2v) is 4.29. The monoisotopic (exact) mass is 254 g/mol. The molecule has 4 nitrogen and oxygen atoms in total. The molecule has 0 radical (unpaired) electrons. The van der Waals surface area contributed by atoms with E-state index in [1.165, 1.54) is 0 Å². The molecule has 2 aromatic carbocycles. The highest BCUT2D eigenvalue weighted by Crippen LogP contribution is 2.11. The van der Waals surface area contributed by atoms with E-state index in [1.54, 1.807) is 0 Å². The summed E-state index contributed by atoms with van der Waals surface area (Å²) in [5, 5.41) is 11.5. The third-order valence-electron chi connectivity index (χ3n) is 2.80. The second-order valence-electron chi connectivity index (χ2n) is 4.29. The van der Waals surface area contributed by atoms with E-state index in [9.17, 15) is 0 Å². The highest BCUT2D eigenvalue weighted by atomic mass is 15.1. The van der Waals surface area contributed by atoms with Crippen LogP contribution >= 0.6 is 0 Å². The molecular formula is C15H18N4. The van der Waals surface area contributed by atoms with Crippen LogP contribution in [0.3, 0.4) is 0 Å². The molecule has 0 aromatic heterocycles. The number of hydrogen-bond donors (Lipinski definition) is 2. The Kier molecular flexibility index (Phi) is 4.50. The van der Waals surface area contributed by atoms with Crippen molar-refractivity contribution in [1.82, 2.24) is 0 Å². The van der Waals surface area contributed by atoms with E-state index in [-0.39, 0.29) is 0 Å². The van der Waals surface area contributed by atoms with E-state index >= 15 is 0 Å². The number of nitrogens with zero attached hydrogens (tertiary/aromatic N) is 2. The zero-order valence-corrected chi connectivity index (χ0v) is 11.0. The standard InChI is InChI=1S/C15H18N4/c1-17-15-4-2-3-13(9-15)11-19-18-10-12-5-7-14(16)8-6-12/h2-9,17H,10-11,16H2,1H3. The number of benzene rings is 2. The smallest absolute Gasteiger partial charge is 0.0850 e. The molecule has 0 saturated heterocycles. The Hall–Kier alpha value is -2.36. The molecule has 0 saturated carbocycles. The van der Waals surface area contributed by atoms with Gasteiger partial charge in [-0.05, 0) is 35.4 Å². The van der Waals surface area contributed by atoms with Crippen LogP contribution in [0.5, 0.6) is 0 Å². The summed E-state index contributed by atoms with van der Waals surface area (Å²) in [6, 6.07) is 15.8.